The maximum Gasteiger partial charge on any atom is 0.298 e. The average Bonchev–Trinajstić information content (AvgIpc) is 3.27. The summed E-state index contributed by atoms with van der Waals surface area (Å²) in [5, 5.41) is 2.61. The highest BCUT2D eigenvalue weighted by Gasteiger charge is 2.37. The Morgan fingerprint density at radius 2 is 1.81 bits per heavy atom. The van der Waals surface area contributed by atoms with Gasteiger partial charge in [0.25, 0.3) is 11.9 Å². The van der Waals surface area contributed by atoms with Gasteiger partial charge in [-0.3, -0.25) is 9.59 Å². The number of rotatable bonds is 3. The number of benzene rings is 2. The van der Waals surface area contributed by atoms with Crippen LogP contribution in [0, 0.1) is 5.92 Å². The second-order valence-electron chi connectivity index (χ2n) is 7.86. The summed E-state index contributed by atoms with van der Waals surface area (Å²) in [5.74, 6) is 0.219. The fourth-order valence-electron chi connectivity index (χ4n) is 4.27. The fraction of sp³-hybridized carbons (Fsp3) is 0.348. The highest BCUT2D eigenvalue weighted by Crippen LogP contribution is 2.35. The predicted octanol–water partition coefficient (Wildman–Crippen LogP) is 2.58. The van der Waals surface area contributed by atoms with E-state index in [2.05, 4.69) is 15.2 Å². The van der Waals surface area contributed by atoms with Crippen LogP contribution < -0.4 is 19.9 Å². The first-order valence-electron chi connectivity index (χ1n) is 10.5. The van der Waals surface area contributed by atoms with Crippen molar-refractivity contribution in [1.29, 1.82) is 0 Å². The monoisotopic (exact) mass is 420 g/mol. The molecule has 0 bridgehead atoms. The number of ether oxygens (including phenoxy) is 1. The number of likely N-dealkylation sites (N-methyl/N-ethyl adjacent to an activating group) is 1. The van der Waals surface area contributed by atoms with Gasteiger partial charge in [0.2, 0.25) is 5.91 Å². The van der Waals surface area contributed by atoms with Crippen LogP contribution in [-0.2, 0) is 9.59 Å². The first kappa shape index (κ1) is 19.4. The molecule has 2 aromatic carbocycles. The second kappa shape index (κ2) is 7.94. The van der Waals surface area contributed by atoms with E-state index in [1.165, 1.54) is 0 Å². The van der Waals surface area contributed by atoms with E-state index in [4.69, 9.17) is 9.15 Å². The van der Waals surface area contributed by atoms with Crippen molar-refractivity contribution in [2.45, 2.75) is 18.9 Å². The van der Waals surface area contributed by atoms with Gasteiger partial charge in [0, 0.05) is 26.1 Å². The Morgan fingerprint density at radius 1 is 1.06 bits per heavy atom. The van der Waals surface area contributed by atoms with Crippen molar-refractivity contribution in [3.63, 3.8) is 0 Å². The number of fused-ring (bicyclic) bond motifs is 2. The van der Waals surface area contributed by atoms with Gasteiger partial charge in [-0.15, -0.1) is 0 Å². The van der Waals surface area contributed by atoms with Gasteiger partial charge in [0.05, 0.1) is 12.2 Å². The minimum absolute atomic E-state index is 0.0295. The molecule has 0 aliphatic carbocycles. The van der Waals surface area contributed by atoms with Crippen LogP contribution >= 0.6 is 0 Å². The number of anilines is 2. The number of piperidine rings is 1. The Kier molecular flexibility index (Phi) is 4.97. The molecule has 31 heavy (non-hydrogen) atoms. The highest BCUT2D eigenvalue weighted by atomic mass is 16.5. The summed E-state index contributed by atoms with van der Waals surface area (Å²) >= 11 is 0. The van der Waals surface area contributed by atoms with Gasteiger partial charge in [-0.25, -0.2) is 0 Å². The zero-order valence-corrected chi connectivity index (χ0v) is 17.3. The smallest absolute Gasteiger partial charge is 0.298 e. The summed E-state index contributed by atoms with van der Waals surface area (Å²) in [6.07, 6.45) is 0.674. The van der Waals surface area contributed by atoms with E-state index in [0.29, 0.717) is 43.4 Å². The molecule has 1 fully saturated rings. The van der Waals surface area contributed by atoms with Gasteiger partial charge in [0.15, 0.2) is 11.7 Å². The molecule has 0 spiro atoms. The lowest BCUT2D eigenvalue weighted by Crippen LogP contribution is -2.52. The number of nitrogens with zero attached hydrogens (tertiary/aromatic N) is 3. The number of para-hydroxylation sites is 4. The number of carbonyl (C=O) groups excluding carboxylic acids is 2. The minimum Gasteiger partial charge on any atom is -0.477 e. The summed E-state index contributed by atoms with van der Waals surface area (Å²) in [6, 6.07) is 15.7. The van der Waals surface area contributed by atoms with E-state index in [-0.39, 0.29) is 24.3 Å². The third-order valence-corrected chi connectivity index (χ3v) is 5.98. The van der Waals surface area contributed by atoms with Crippen LogP contribution in [0.3, 0.4) is 0 Å². The Hall–Kier alpha value is -3.55. The zero-order chi connectivity index (χ0) is 21.4. The summed E-state index contributed by atoms with van der Waals surface area (Å²) in [4.78, 5) is 34.0. The molecular weight excluding hydrogens is 396 g/mol. The third kappa shape index (κ3) is 3.58. The normalized spacial score (nSPS) is 19.1. The summed E-state index contributed by atoms with van der Waals surface area (Å²) in [7, 11) is 1.57. The summed E-state index contributed by atoms with van der Waals surface area (Å²) in [5.41, 5.74) is 2.32. The van der Waals surface area contributed by atoms with E-state index in [1.54, 1.807) is 18.0 Å². The maximum absolute atomic E-state index is 13.4. The average molecular weight is 420 g/mol. The van der Waals surface area contributed by atoms with Crippen LogP contribution in [0.4, 0.5) is 11.7 Å². The standard InChI is InChI=1S/C23H24N4O4/c1-24-21(28)20-14-27(17-7-3-5-9-19(17)30-20)22(29)15-10-12-26(13-11-15)23-25-16-6-2-4-8-18(16)31-23/h2-9,15,20H,10-14H2,1H3,(H,24,28). The molecule has 0 saturated carbocycles. The number of nitrogens with one attached hydrogen (secondary N) is 1. The molecule has 2 aliphatic heterocycles. The lowest BCUT2D eigenvalue weighted by molar-refractivity contribution is -0.128. The van der Waals surface area contributed by atoms with Crippen LogP contribution in [0.15, 0.2) is 52.9 Å². The van der Waals surface area contributed by atoms with Gasteiger partial charge in [-0.05, 0) is 37.1 Å². The molecule has 3 heterocycles. The number of carbonyl (C=O) groups is 2. The molecule has 1 saturated heterocycles. The van der Waals surface area contributed by atoms with Crippen LogP contribution in [0.25, 0.3) is 11.1 Å². The SMILES string of the molecule is CNC(=O)C1CN(C(=O)C2CCN(c3nc4ccccc4o3)CC2)c2ccccc2O1. The highest BCUT2D eigenvalue weighted by molar-refractivity contribution is 5.98. The summed E-state index contributed by atoms with van der Waals surface area (Å²) < 4.78 is 11.7. The fourth-order valence-corrected chi connectivity index (χ4v) is 4.27. The zero-order valence-electron chi connectivity index (χ0n) is 17.3. The van der Waals surface area contributed by atoms with Gasteiger partial charge in [-0.1, -0.05) is 24.3 Å². The third-order valence-electron chi connectivity index (χ3n) is 5.98. The molecule has 5 rings (SSSR count). The molecule has 0 radical (unpaired) electrons. The molecule has 1 unspecified atom stereocenters. The topological polar surface area (TPSA) is 87.9 Å². The first-order chi connectivity index (χ1) is 15.1. The molecule has 1 aromatic heterocycles. The van der Waals surface area contributed by atoms with Gasteiger partial charge in [-0.2, -0.15) is 4.98 Å². The van der Waals surface area contributed by atoms with Crippen LogP contribution in [-0.4, -0.2) is 49.6 Å². The molecule has 8 nitrogen and oxygen atoms in total. The van der Waals surface area contributed by atoms with Crippen LogP contribution in [0.2, 0.25) is 0 Å². The van der Waals surface area contributed by atoms with Crippen molar-refractivity contribution < 1.29 is 18.7 Å². The second-order valence-corrected chi connectivity index (χ2v) is 7.86. The van der Waals surface area contributed by atoms with Crippen molar-refractivity contribution in [3.05, 3.63) is 48.5 Å². The summed E-state index contributed by atoms with van der Waals surface area (Å²) in [6.45, 7) is 1.59. The number of hydrogen-bond acceptors (Lipinski definition) is 6. The van der Waals surface area contributed by atoms with Crippen LogP contribution in [0.1, 0.15) is 12.8 Å². The van der Waals surface area contributed by atoms with E-state index in [9.17, 15) is 9.59 Å². The van der Waals surface area contributed by atoms with Gasteiger partial charge >= 0.3 is 0 Å². The van der Waals surface area contributed by atoms with Crippen molar-refractivity contribution in [1.82, 2.24) is 10.3 Å². The molecule has 2 amide bonds. The van der Waals surface area contributed by atoms with E-state index >= 15 is 0 Å². The quantitative estimate of drug-likeness (QED) is 0.701. The predicted molar refractivity (Wildman–Crippen MR) is 116 cm³/mol. The molecule has 1 N–H and O–H groups in total. The van der Waals surface area contributed by atoms with E-state index < -0.39 is 6.10 Å². The lowest BCUT2D eigenvalue weighted by Gasteiger charge is -2.38. The van der Waals surface area contributed by atoms with E-state index in [0.717, 1.165) is 11.1 Å². The van der Waals surface area contributed by atoms with Gasteiger partial charge in [0.1, 0.15) is 11.3 Å². The van der Waals surface area contributed by atoms with Crippen molar-refractivity contribution in [2.75, 3.05) is 36.5 Å². The lowest BCUT2D eigenvalue weighted by atomic mass is 9.94. The molecule has 3 aromatic rings. The van der Waals surface area contributed by atoms with Crippen LogP contribution in [0.5, 0.6) is 5.75 Å². The van der Waals surface area contributed by atoms with Crippen molar-refractivity contribution >= 4 is 34.6 Å². The van der Waals surface area contributed by atoms with Crippen molar-refractivity contribution in [2.24, 2.45) is 5.92 Å². The molecule has 160 valence electrons. The Morgan fingerprint density at radius 3 is 2.58 bits per heavy atom. The molecule has 2 aliphatic rings. The molecule has 8 heteroatoms. The number of hydrogen-bond donors (Lipinski definition) is 1. The number of oxazole rings is 1. The first-order valence-corrected chi connectivity index (χ1v) is 10.5. The minimum atomic E-state index is -0.719. The van der Waals surface area contributed by atoms with E-state index in [1.807, 2.05) is 42.5 Å². The Balaban J connectivity index is 1.31. The number of aromatic nitrogens is 1. The maximum atomic E-state index is 13.4. The number of amides is 2. The van der Waals surface area contributed by atoms with Crippen molar-refractivity contribution in [3.8, 4) is 5.75 Å². The largest absolute Gasteiger partial charge is 0.477 e. The molecular formula is C23H24N4O4. The van der Waals surface area contributed by atoms with Gasteiger partial charge < -0.3 is 24.3 Å². The Bertz CT molecular complexity index is 1090. The Labute approximate surface area is 179 Å². The molecule has 1 atom stereocenters.